The Morgan fingerprint density at radius 3 is 2.74 bits per heavy atom. The van der Waals surface area contributed by atoms with Crippen LogP contribution in [0.3, 0.4) is 0 Å². The lowest BCUT2D eigenvalue weighted by atomic mass is 9.86. The number of hydrogen-bond donors (Lipinski definition) is 3. The van der Waals surface area contributed by atoms with Gasteiger partial charge in [-0.25, -0.2) is 4.79 Å². The fourth-order valence-electron chi connectivity index (χ4n) is 2.63. The molecule has 0 spiro atoms. The lowest BCUT2D eigenvalue weighted by Gasteiger charge is -2.26. The van der Waals surface area contributed by atoms with Crippen molar-refractivity contribution in [2.45, 2.75) is 38.3 Å². The number of carboxylic acid groups (broad SMARTS) is 1. The molecule has 2 rings (SSSR count). The Labute approximate surface area is 114 Å². The summed E-state index contributed by atoms with van der Waals surface area (Å²) in [4.78, 5) is 10.9. The molecule has 4 heteroatoms. The average molecular weight is 262 g/mol. The summed E-state index contributed by atoms with van der Waals surface area (Å²) in [6, 6.07) is 7.49. The van der Waals surface area contributed by atoms with Crippen molar-refractivity contribution in [1.82, 2.24) is 5.32 Å². The summed E-state index contributed by atoms with van der Waals surface area (Å²) in [5.74, 6) is -0.162. The van der Waals surface area contributed by atoms with Crippen LogP contribution in [0.15, 0.2) is 24.3 Å². The normalized spacial score (nSPS) is 23.2. The Morgan fingerprint density at radius 2 is 2.05 bits per heavy atom. The van der Waals surface area contributed by atoms with E-state index in [1.165, 1.54) is 12.8 Å². The monoisotopic (exact) mass is 262 g/mol. The molecule has 1 aromatic carbocycles. The zero-order valence-electron chi connectivity index (χ0n) is 11.1. The first-order valence-electron chi connectivity index (χ1n) is 6.93. The Morgan fingerprint density at radius 1 is 1.32 bits per heavy atom. The third kappa shape index (κ3) is 4.33. The molecule has 0 saturated heterocycles. The first-order chi connectivity index (χ1) is 9.15. The first kappa shape index (κ1) is 14.0. The third-order valence-electron chi connectivity index (χ3n) is 3.83. The van der Waals surface area contributed by atoms with Gasteiger partial charge in [0, 0.05) is 12.6 Å². The number of hydrogen-bond acceptors (Lipinski definition) is 3. The van der Waals surface area contributed by atoms with Crippen molar-refractivity contribution in [1.29, 1.82) is 0 Å². The van der Waals surface area contributed by atoms with E-state index in [0.717, 1.165) is 31.5 Å². The zero-order valence-corrected chi connectivity index (χ0v) is 11.1. The van der Waals surface area contributed by atoms with Gasteiger partial charge in [-0.15, -0.1) is 0 Å². The highest BCUT2D eigenvalue weighted by Gasteiger charge is 2.17. The minimum absolute atomic E-state index is 0.350. The molecule has 19 heavy (non-hydrogen) atoms. The van der Waals surface area contributed by atoms with Crippen LogP contribution in [0, 0.1) is 5.92 Å². The minimum Gasteiger partial charge on any atom is -0.478 e. The molecule has 4 nitrogen and oxygen atoms in total. The van der Waals surface area contributed by atoms with Crippen LogP contribution in [0.2, 0.25) is 0 Å². The molecule has 1 fully saturated rings. The van der Waals surface area contributed by atoms with Gasteiger partial charge in [0.05, 0.1) is 5.56 Å². The smallest absolute Gasteiger partial charge is 0.335 e. The molecule has 0 radical (unpaired) electrons. The molecule has 0 heterocycles. The van der Waals surface area contributed by atoms with Gasteiger partial charge in [-0.2, -0.15) is 0 Å². The van der Waals surface area contributed by atoms with E-state index in [4.69, 9.17) is 10.8 Å². The number of carboxylic acids is 1. The van der Waals surface area contributed by atoms with Crippen molar-refractivity contribution in [3.05, 3.63) is 35.4 Å². The number of benzene rings is 1. The second-order valence-corrected chi connectivity index (χ2v) is 5.42. The van der Waals surface area contributed by atoms with Gasteiger partial charge in [0.25, 0.3) is 0 Å². The first-order valence-corrected chi connectivity index (χ1v) is 6.93. The van der Waals surface area contributed by atoms with Crippen LogP contribution in [-0.4, -0.2) is 23.7 Å². The number of aromatic carboxylic acids is 1. The van der Waals surface area contributed by atoms with E-state index in [1.54, 1.807) is 18.2 Å². The van der Waals surface area contributed by atoms with Crippen LogP contribution >= 0.6 is 0 Å². The lowest BCUT2D eigenvalue weighted by molar-refractivity contribution is 0.0696. The lowest BCUT2D eigenvalue weighted by Crippen LogP contribution is -2.31. The molecule has 4 N–H and O–H groups in total. The van der Waals surface area contributed by atoms with Crippen LogP contribution < -0.4 is 11.1 Å². The van der Waals surface area contributed by atoms with Gasteiger partial charge >= 0.3 is 5.97 Å². The highest BCUT2D eigenvalue weighted by Crippen LogP contribution is 2.22. The summed E-state index contributed by atoms with van der Waals surface area (Å²) in [5.41, 5.74) is 7.26. The average Bonchev–Trinajstić information content (AvgIpc) is 2.41. The molecule has 1 aliphatic carbocycles. The SMILES string of the molecule is NC1CCC(CNCc2cccc(C(=O)O)c2)CC1. The van der Waals surface area contributed by atoms with Crippen LogP contribution in [-0.2, 0) is 6.54 Å². The van der Waals surface area contributed by atoms with Crippen molar-refractivity contribution in [2.24, 2.45) is 11.7 Å². The van der Waals surface area contributed by atoms with E-state index in [1.807, 2.05) is 6.07 Å². The highest BCUT2D eigenvalue weighted by molar-refractivity contribution is 5.87. The molecule has 0 unspecified atom stereocenters. The molecule has 1 aromatic rings. The second-order valence-electron chi connectivity index (χ2n) is 5.42. The quantitative estimate of drug-likeness (QED) is 0.758. The molecule has 0 atom stereocenters. The summed E-state index contributed by atoms with van der Waals surface area (Å²) in [6.45, 7) is 1.72. The highest BCUT2D eigenvalue weighted by atomic mass is 16.4. The topological polar surface area (TPSA) is 75.3 Å². The van der Waals surface area contributed by atoms with E-state index >= 15 is 0 Å². The summed E-state index contributed by atoms with van der Waals surface area (Å²) >= 11 is 0. The van der Waals surface area contributed by atoms with Crippen molar-refractivity contribution in [3.8, 4) is 0 Å². The third-order valence-corrected chi connectivity index (χ3v) is 3.83. The van der Waals surface area contributed by atoms with Crippen LogP contribution in [0.5, 0.6) is 0 Å². The van der Waals surface area contributed by atoms with E-state index in [2.05, 4.69) is 5.32 Å². The van der Waals surface area contributed by atoms with Crippen LogP contribution in [0.25, 0.3) is 0 Å². The van der Waals surface area contributed by atoms with Gasteiger partial charge in [0.2, 0.25) is 0 Å². The second kappa shape index (κ2) is 6.68. The number of nitrogens with two attached hydrogens (primary N) is 1. The molecular formula is C15H22N2O2. The van der Waals surface area contributed by atoms with E-state index in [9.17, 15) is 4.79 Å². The number of rotatable bonds is 5. The van der Waals surface area contributed by atoms with Crippen molar-refractivity contribution in [2.75, 3.05) is 6.54 Å². The van der Waals surface area contributed by atoms with Gasteiger partial charge in [0.1, 0.15) is 0 Å². The molecule has 0 bridgehead atoms. The molecular weight excluding hydrogens is 240 g/mol. The van der Waals surface area contributed by atoms with Gasteiger partial charge in [-0.3, -0.25) is 0 Å². The standard InChI is InChI=1S/C15H22N2O2/c16-14-6-4-11(5-7-14)9-17-10-12-2-1-3-13(8-12)15(18)19/h1-3,8,11,14,17H,4-7,9-10,16H2,(H,18,19). The number of carbonyl (C=O) groups is 1. The summed E-state index contributed by atoms with van der Waals surface area (Å²) < 4.78 is 0. The van der Waals surface area contributed by atoms with Gasteiger partial charge < -0.3 is 16.2 Å². The maximum atomic E-state index is 10.9. The Kier molecular flexibility index (Phi) is 4.93. The van der Waals surface area contributed by atoms with Crippen molar-refractivity contribution < 1.29 is 9.90 Å². The summed E-state index contributed by atoms with van der Waals surface area (Å²) in [5, 5.41) is 12.3. The van der Waals surface area contributed by atoms with E-state index in [0.29, 0.717) is 17.5 Å². The van der Waals surface area contributed by atoms with Crippen molar-refractivity contribution in [3.63, 3.8) is 0 Å². The Balaban J connectivity index is 1.76. The van der Waals surface area contributed by atoms with Gasteiger partial charge in [-0.05, 0) is 55.8 Å². The van der Waals surface area contributed by atoms with Gasteiger partial charge in [0.15, 0.2) is 0 Å². The van der Waals surface area contributed by atoms with Crippen molar-refractivity contribution >= 4 is 5.97 Å². The maximum absolute atomic E-state index is 10.9. The zero-order chi connectivity index (χ0) is 13.7. The van der Waals surface area contributed by atoms with Gasteiger partial charge in [-0.1, -0.05) is 12.1 Å². The molecule has 0 aliphatic heterocycles. The largest absolute Gasteiger partial charge is 0.478 e. The predicted octanol–water partition coefficient (Wildman–Crippen LogP) is 1.99. The molecule has 0 aromatic heterocycles. The van der Waals surface area contributed by atoms with Crippen LogP contribution in [0.4, 0.5) is 0 Å². The molecule has 1 saturated carbocycles. The van der Waals surface area contributed by atoms with E-state index in [-0.39, 0.29) is 0 Å². The fourth-order valence-corrected chi connectivity index (χ4v) is 2.63. The molecule has 1 aliphatic rings. The van der Waals surface area contributed by atoms with E-state index < -0.39 is 5.97 Å². The molecule has 0 amide bonds. The maximum Gasteiger partial charge on any atom is 0.335 e. The number of nitrogens with one attached hydrogen (secondary N) is 1. The molecule has 104 valence electrons. The Bertz CT molecular complexity index is 426. The summed E-state index contributed by atoms with van der Waals surface area (Å²) in [6.07, 6.45) is 4.65. The Hall–Kier alpha value is -1.39. The summed E-state index contributed by atoms with van der Waals surface area (Å²) in [7, 11) is 0. The predicted molar refractivity (Wildman–Crippen MR) is 75.0 cm³/mol. The fraction of sp³-hybridized carbons (Fsp3) is 0.533. The minimum atomic E-state index is -0.872. The van der Waals surface area contributed by atoms with Crippen LogP contribution in [0.1, 0.15) is 41.6 Å².